The molecule has 1 amide bonds. The number of amides is 1. The van der Waals surface area contributed by atoms with Crippen LogP contribution in [-0.4, -0.2) is 19.1 Å². The van der Waals surface area contributed by atoms with Gasteiger partial charge in [-0.15, -0.1) is 11.3 Å². The molecule has 24 heavy (non-hydrogen) atoms. The van der Waals surface area contributed by atoms with Gasteiger partial charge in [-0.1, -0.05) is 36.4 Å². The van der Waals surface area contributed by atoms with E-state index in [9.17, 15) is 4.79 Å². The molecule has 3 rings (SSSR count). The Morgan fingerprint density at radius 3 is 2.75 bits per heavy atom. The Morgan fingerprint density at radius 2 is 1.92 bits per heavy atom. The van der Waals surface area contributed by atoms with Crippen molar-refractivity contribution in [3.05, 3.63) is 64.9 Å². The van der Waals surface area contributed by atoms with Crippen LogP contribution in [0, 0.1) is 0 Å². The van der Waals surface area contributed by atoms with Gasteiger partial charge in [0.05, 0.1) is 6.54 Å². The SMILES string of the molecule is O=C(CCCc1cccs1)NCCOc1ccc2ccccc2c1. The molecule has 0 saturated carbocycles. The summed E-state index contributed by atoms with van der Waals surface area (Å²) in [4.78, 5) is 13.1. The second kappa shape index (κ2) is 8.50. The minimum atomic E-state index is 0.0914. The van der Waals surface area contributed by atoms with Crippen LogP contribution in [0.5, 0.6) is 5.75 Å². The van der Waals surface area contributed by atoms with Crippen LogP contribution in [0.15, 0.2) is 60.0 Å². The maximum atomic E-state index is 11.8. The first-order valence-corrected chi connectivity index (χ1v) is 9.10. The van der Waals surface area contributed by atoms with Crippen LogP contribution in [0.2, 0.25) is 0 Å². The van der Waals surface area contributed by atoms with Gasteiger partial charge in [0.15, 0.2) is 0 Å². The Hall–Kier alpha value is -2.33. The third kappa shape index (κ3) is 4.83. The Kier molecular flexibility index (Phi) is 5.85. The third-order valence-electron chi connectivity index (χ3n) is 3.82. The predicted molar refractivity (Wildman–Crippen MR) is 99.7 cm³/mol. The topological polar surface area (TPSA) is 38.3 Å². The van der Waals surface area contributed by atoms with Crippen LogP contribution in [0.4, 0.5) is 0 Å². The first-order valence-electron chi connectivity index (χ1n) is 8.22. The minimum absolute atomic E-state index is 0.0914. The Labute approximate surface area is 146 Å². The normalized spacial score (nSPS) is 10.7. The molecule has 0 aliphatic heterocycles. The highest BCUT2D eigenvalue weighted by molar-refractivity contribution is 7.09. The maximum Gasteiger partial charge on any atom is 0.220 e. The maximum absolute atomic E-state index is 11.8. The molecule has 124 valence electrons. The van der Waals surface area contributed by atoms with Gasteiger partial charge in [-0.3, -0.25) is 4.79 Å². The van der Waals surface area contributed by atoms with E-state index < -0.39 is 0 Å². The van der Waals surface area contributed by atoms with Gasteiger partial charge in [0, 0.05) is 11.3 Å². The highest BCUT2D eigenvalue weighted by atomic mass is 32.1. The van der Waals surface area contributed by atoms with E-state index >= 15 is 0 Å². The first kappa shape index (κ1) is 16.5. The third-order valence-corrected chi connectivity index (χ3v) is 4.76. The highest BCUT2D eigenvalue weighted by Crippen LogP contribution is 2.20. The number of aryl methyl sites for hydroxylation is 1. The number of fused-ring (bicyclic) bond motifs is 1. The molecule has 0 radical (unpaired) electrons. The Morgan fingerprint density at radius 1 is 1.04 bits per heavy atom. The molecule has 3 aromatic rings. The van der Waals surface area contributed by atoms with Crippen molar-refractivity contribution in [3.8, 4) is 5.75 Å². The molecule has 1 heterocycles. The second-order valence-electron chi connectivity index (χ2n) is 5.64. The van der Waals surface area contributed by atoms with Gasteiger partial charge in [0.1, 0.15) is 12.4 Å². The number of nitrogens with one attached hydrogen (secondary N) is 1. The Bertz CT molecular complexity index is 783. The van der Waals surface area contributed by atoms with Crippen molar-refractivity contribution in [2.45, 2.75) is 19.3 Å². The summed E-state index contributed by atoms with van der Waals surface area (Å²) >= 11 is 1.74. The number of thiophene rings is 1. The summed E-state index contributed by atoms with van der Waals surface area (Å²) in [6.07, 6.45) is 2.42. The summed E-state index contributed by atoms with van der Waals surface area (Å²) in [5.41, 5.74) is 0. The lowest BCUT2D eigenvalue weighted by Crippen LogP contribution is -2.27. The summed E-state index contributed by atoms with van der Waals surface area (Å²) < 4.78 is 5.71. The molecule has 1 aromatic heterocycles. The van der Waals surface area contributed by atoms with E-state index in [4.69, 9.17) is 4.74 Å². The van der Waals surface area contributed by atoms with Crippen molar-refractivity contribution >= 4 is 28.0 Å². The number of carbonyl (C=O) groups excluding carboxylic acids is 1. The van der Waals surface area contributed by atoms with Crippen molar-refractivity contribution in [1.29, 1.82) is 0 Å². The van der Waals surface area contributed by atoms with Crippen molar-refractivity contribution in [3.63, 3.8) is 0 Å². The molecule has 0 atom stereocenters. The molecule has 2 aromatic carbocycles. The standard InChI is InChI=1S/C20H21NO2S/c22-20(9-3-7-19-8-4-14-24-19)21-12-13-23-18-11-10-16-5-1-2-6-17(16)15-18/h1-2,4-6,8,10-11,14-15H,3,7,9,12-13H2,(H,21,22). The van der Waals surface area contributed by atoms with Crippen LogP contribution in [0.25, 0.3) is 10.8 Å². The number of rotatable bonds is 8. The van der Waals surface area contributed by atoms with Gasteiger partial charge < -0.3 is 10.1 Å². The quantitative estimate of drug-likeness (QED) is 0.617. The highest BCUT2D eigenvalue weighted by Gasteiger charge is 2.02. The molecule has 3 nitrogen and oxygen atoms in total. The number of carbonyl (C=O) groups is 1. The average molecular weight is 339 g/mol. The number of benzene rings is 2. The molecule has 0 spiro atoms. The average Bonchev–Trinajstić information content (AvgIpc) is 3.12. The molecule has 0 saturated heterocycles. The summed E-state index contributed by atoms with van der Waals surface area (Å²) in [5, 5.41) is 7.34. The van der Waals surface area contributed by atoms with E-state index in [1.54, 1.807) is 11.3 Å². The number of hydrogen-bond donors (Lipinski definition) is 1. The molecule has 0 aliphatic rings. The van der Waals surface area contributed by atoms with Crippen LogP contribution in [-0.2, 0) is 11.2 Å². The molecule has 4 heteroatoms. The Balaban J connectivity index is 1.34. The molecule has 1 N–H and O–H groups in total. The lowest BCUT2D eigenvalue weighted by atomic mass is 10.1. The van der Waals surface area contributed by atoms with Gasteiger partial charge in [-0.25, -0.2) is 0 Å². The van der Waals surface area contributed by atoms with E-state index in [1.807, 2.05) is 36.4 Å². The molecule has 0 aliphatic carbocycles. The van der Waals surface area contributed by atoms with E-state index in [0.29, 0.717) is 19.6 Å². The fourth-order valence-electron chi connectivity index (χ4n) is 2.58. The first-order chi connectivity index (χ1) is 11.8. The zero-order chi connectivity index (χ0) is 16.6. The molecule has 0 unspecified atom stereocenters. The summed E-state index contributed by atoms with van der Waals surface area (Å²) in [5.74, 6) is 0.925. The number of hydrogen-bond acceptors (Lipinski definition) is 3. The van der Waals surface area contributed by atoms with Gasteiger partial charge in [-0.05, 0) is 47.2 Å². The zero-order valence-corrected chi connectivity index (χ0v) is 14.4. The van der Waals surface area contributed by atoms with Crippen LogP contribution in [0.1, 0.15) is 17.7 Å². The van der Waals surface area contributed by atoms with E-state index in [0.717, 1.165) is 24.0 Å². The van der Waals surface area contributed by atoms with Gasteiger partial charge >= 0.3 is 0 Å². The van der Waals surface area contributed by atoms with Gasteiger partial charge in [0.2, 0.25) is 5.91 Å². The zero-order valence-electron chi connectivity index (χ0n) is 13.5. The van der Waals surface area contributed by atoms with E-state index in [1.165, 1.54) is 10.3 Å². The van der Waals surface area contributed by atoms with Crippen LogP contribution >= 0.6 is 11.3 Å². The summed E-state index contributed by atoms with van der Waals surface area (Å²) in [6.45, 7) is 1.01. The van der Waals surface area contributed by atoms with Crippen molar-refractivity contribution in [2.75, 3.05) is 13.2 Å². The van der Waals surface area contributed by atoms with E-state index in [2.05, 4.69) is 28.9 Å². The van der Waals surface area contributed by atoms with Gasteiger partial charge in [-0.2, -0.15) is 0 Å². The van der Waals surface area contributed by atoms with Gasteiger partial charge in [0.25, 0.3) is 0 Å². The molecular formula is C20H21NO2S. The van der Waals surface area contributed by atoms with Crippen molar-refractivity contribution in [2.24, 2.45) is 0 Å². The van der Waals surface area contributed by atoms with Crippen molar-refractivity contribution < 1.29 is 9.53 Å². The van der Waals surface area contributed by atoms with Crippen molar-refractivity contribution in [1.82, 2.24) is 5.32 Å². The van der Waals surface area contributed by atoms with Crippen LogP contribution in [0.3, 0.4) is 0 Å². The fraction of sp³-hybridized carbons (Fsp3) is 0.250. The smallest absolute Gasteiger partial charge is 0.220 e. The van der Waals surface area contributed by atoms with Crippen LogP contribution < -0.4 is 10.1 Å². The van der Waals surface area contributed by atoms with E-state index in [-0.39, 0.29) is 5.91 Å². The molecular weight excluding hydrogens is 318 g/mol. The summed E-state index contributed by atoms with van der Waals surface area (Å²) in [6, 6.07) is 18.4. The largest absolute Gasteiger partial charge is 0.492 e. The molecule has 0 bridgehead atoms. The minimum Gasteiger partial charge on any atom is -0.492 e. The lowest BCUT2D eigenvalue weighted by Gasteiger charge is -2.08. The lowest BCUT2D eigenvalue weighted by molar-refractivity contribution is -0.121. The number of ether oxygens (including phenoxy) is 1. The summed E-state index contributed by atoms with van der Waals surface area (Å²) in [7, 11) is 0. The second-order valence-corrected chi connectivity index (χ2v) is 6.67. The molecule has 0 fully saturated rings. The monoisotopic (exact) mass is 339 g/mol. The predicted octanol–water partition coefficient (Wildman–Crippen LogP) is 4.42. The fourth-order valence-corrected chi connectivity index (χ4v) is 3.33.